The minimum atomic E-state index is -1.43. The van der Waals surface area contributed by atoms with Gasteiger partial charge >= 0.3 is 0 Å². The van der Waals surface area contributed by atoms with Gasteiger partial charge in [0.2, 0.25) is 0 Å². The van der Waals surface area contributed by atoms with Crippen LogP contribution < -0.4 is 0 Å². The normalized spacial score (nSPS) is 12.8. The van der Waals surface area contributed by atoms with E-state index in [9.17, 15) is 0 Å². The van der Waals surface area contributed by atoms with Gasteiger partial charge in [-0.05, 0) is 25.7 Å². The summed E-state index contributed by atoms with van der Waals surface area (Å²) in [5.74, 6) is 0. The molecule has 0 spiro atoms. The van der Waals surface area contributed by atoms with Crippen molar-refractivity contribution in [1.82, 2.24) is 5.01 Å². The second-order valence-corrected chi connectivity index (χ2v) is 8.56. The molecule has 0 amide bonds. The average molecular weight is 200 g/mol. The van der Waals surface area contributed by atoms with E-state index in [1.54, 1.807) is 11.1 Å². The zero-order valence-corrected chi connectivity index (χ0v) is 10.3. The largest absolute Gasteiger partial charge is 0.412 e. The number of rotatable bonds is 5. The predicted molar refractivity (Wildman–Crippen MR) is 60.6 cm³/mol. The van der Waals surface area contributed by atoms with E-state index in [0.717, 1.165) is 5.71 Å². The molecule has 0 rings (SSSR count). The van der Waals surface area contributed by atoms with Crippen LogP contribution in [0.3, 0.4) is 0 Å². The van der Waals surface area contributed by atoms with Crippen LogP contribution in [0.5, 0.6) is 0 Å². The molecule has 3 nitrogen and oxygen atoms in total. The van der Waals surface area contributed by atoms with Crippen LogP contribution in [0.1, 0.15) is 0 Å². The molecule has 4 heteroatoms. The van der Waals surface area contributed by atoms with E-state index >= 15 is 0 Å². The quantitative estimate of drug-likeness (QED) is 0.385. The Labute approximate surface area is 82.2 Å². The topological polar surface area (TPSA) is 24.8 Å². The van der Waals surface area contributed by atoms with E-state index < -0.39 is 8.32 Å². The van der Waals surface area contributed by atoms with E-state index in [1.165, 1.54) is 0 Å². The molecular formula is C9H20N2OSi. The van der Waals surface area contributed by atoms with Gasteiger partial charge in [0, 0.05) is 14.1 Å². The number of nitrogens with zero attached hydrogens (tertiary/aromatic N) is 2. The lowest BCUT2D eigenvalue weighted by molar-refractivity contribution is 0.363. The minimum Gasteiger partial charge on any atom is -0.412 e. The van der Waals surface area contributed by atoms with Gasteiger partial charge in [0.1, 0.15) is 0 Å². The third-order valence-corrected chi connectivity index (χ3v) is 2.23. The van der Waals surface area contributed by atoms with Crippen molar-refractivity contribution in [2.45, 2.75) is 19.6 Å². The predicted octanol–water partition coefficient (Wildman–Crippen LogP) is 1.94. The summed E-state index contributed by atoms with van der Waals surface area (Å²) < 4.78 is 5.69. The maximum atomic E-state index is 5.69. The number of hydrazone groups is 1. The van der Waals surface area contributed by atoms with Crippen molar-refractivity contribution in [3.63, 3.8) is 0 Å². The summed E-state index contributed by atoms with van der Waals surface area (Å²) in [5.41, 5.74) is 0.882. The Balaban J connectivity index is 4.08. The fourth-order valence-corrected chi connectivity index (χ4v) is 1.26. The highest BCUT2D eigenvalue weighted by molar-refractivity contribution is 6.69. The molecule has 0 saturated carbocycles. The lowest BCUT2D eigenvalue weighted by Crippen LogP contribution is -2.28. The fraction of sp³-hybridized carbons (Fsp3) is 0.667. The molecule has 0 unspecified atom stereocenters. The molecule has 13 heavy (non-hydrogen) atoms. The van der Waals surface area contributed by atoms with Gasteiger partial charge in [-0.25, -0.2) is 0 Å². The average Bonchev–Trinajstić information content (AvgIpc) is 1.95. The maximum Gasteiger partial charge on any atom is 0.184 e. The van der Waals surface area contributed by atoms with Crippen molar-refractivity contribution in [3.8, 4) is 0 Å². The van der Waals surface area contributed by atoms with Crippen LogP contribution >= 0.6 is 0 Å². The first-order valence-electron chi connectivity index (χ1n) is 4.36. The highest BCUT2D eigenvalue weighted by atomic mass is 28.4. The van der Waals surface area contributed by atoms with E-state index in [2.05, 4.69) is 31.3 Å². The molecule has 0 aromatic rings. The van der Waals surface area contributed by atoms with Gasteiger partial charge in [-0.15, -0.1) is 0 Å². The summed E-state index contributed by atoms with van der Waals surface area (Å²) >= 11 is 0. The standard InChI is InChI=1S/C9H20N2OSi/c1-7-9(10-11(2)3)8-12-13(4,5)6/h7H,1,8H2,2-6H3. The lowest BCUT2D eigenvalue weighted by Gasteiger charge is -2.17. The molecule has 76 valence electrons. The molecule has 0 aliphatic rings. The zero-order valence-electron chi connectivity index (χ0n) is 9.29. The summed E-state index contributed by atoms with van der Waals surface area (Å²) in [6, 6.07) is 0. The van der Waals surface area contributed by atoms with Gasteiger partial charge < -0.3 is 9.43 Å². The smallest absolute Gasteiger partial charge is 0.184 e. The summed E-state index contributed by atoms with van der Waals surface area (Å²) in [7, 11) is 2.34. The fourth-order valence-electron chi connectivity index (χ4n) is 0.676. The molecule has 0 atom stereocenters. The van der Waals surface area contributed by atoms with Crippen LogP contribution in [0.4, 0.5) is 0 Å². The van der Waals surface area contributed by atoms with Crippen molar-refractivity contribution in [2.24, 2.45) is 5.10 Å². The second-order valence-electron chi connectivity index (χ2n) is 4.04. The van der Waals surface area contributed by atoms with Crippen LogP contribution in [0.2, 0.25) is 19.6 Å². The molecule has 0 aliphatic carbocycles. The molecule has 0 aliphatic heterocycles. The first kappa shape index (κ1) is 12.4. The van der Waals surface area contributed by atoms with Crippen molar-refractivity contribution >= 4 is 14.0 Å². The Morgan fingerprint density at radius 2 is 2.00 bits per heavy atom. The van der Waals surface area contributed by atoms with E-state index in [4.69, 9.17) is 4.43 Å². The number of hydrogen-bond donors (Lipinski definition) is 0. The second kappa shape index (κ2) is 5.19. The van der Waals surface area contributed by atoms with Gasteiger partial charge in [0.15, 0.2) is 8.32 Å². The Kier molecular flexibility index (Phi) is 4.94. The summed E-state index contributed by atoms with van der Waals surface area (Å²) in [4.78, 5) is 0. The summed E-state index contributed by atoms with van der Waals surface area (Å²) in [6.07, 6.45) is 1.74. The molecular weight excluding hydrogens is 180 g/mol. The van der Waals surface area contributed by atoms with Crippen LogP contribution in [0.25, 0.3) is 0 Å². The monoisotopic (exact) mass is 200 g/mol. The van der Waals surface area contributed by atoms with Crippen molar-refractivity contribution in [1.29, 1.82) is 0 Å². The zero-order chi connectivity index (χ0) is 10.5. The molecule has 0 heterocycles. The molecule has 0 aromatic heterocycles. The minimum absolute atomic E-state index is 0.567. The first-order valence-corrected chi connectivity index (χ1v) is 7.77. The molecule has 0 saturated heterocycles. The van der Waals surface area contributed by atoms with Crippen LogP contribution in [0, 0.1) is 0 Å². The van der Waals surface area contributed by atoms with Crippen LogP contribution in [-0.4, -0.2) is 39.7 Å². The maximum absolute atomic E-state index is 5.69. The van der Waals surface area contributed by atoms with Crippen LogP contribution in [-0.2, 0) is 4.43 Å². The van der Waals surface area contributed by atoms with E-state index in [1.807, 2.05) is 14.1 Å². The summed E-state index contributed by atoms with van der Waals surface area (Å²) in [6.45, 7) is 10.7. The molecule has 0 bridgehead atoms. The Bertz CT molecular complexity index is 194. The third-order valence-electron chi connectivity index (χ3n) is 1.22. The van der Waals surface area contributed by atoms with Gasteiger partial charge in [0.05, 0.1) is 12.3 Å². The lowest BCUT2D eigenvalue weighted by atomic mass is 10.4. The highest BCUT2D eigenvalue weighted by Gasteiger charge is 2.14. The van der Waals surface area contributed by atoms with Gasteiger partial charge in [-0.1, -0.05) is 6.58 Å². The Hall–Kier alpha value is -0.613. The summed E-state index contributed by atoms with van der Waals surface area (Å²) in [5, 5.41) is 5.98. The van der Waals surface area contributed by atoms with E-state index in [-0.39, 0.29) is 0 Å². The van der Waals surface area contributed by atoms with Crippen molar-refractivity contribution < 1.29 is 4.43 Å². The van der Waals surface area contributed by atoms with E-state index in [0.29, 0.717) is 6.61 Å². The first-order chi connectivity index (χ1) is 5.85. The Morgan fingerprint density at radius 1 is 1.46 bits per heavy atom. The van der Waals surface area contributed by atoms with Gasteiger partial charge in [-0.3, -0.25) is 0 Å². The third kappa shape index (κ3) is 7.74. The van der Waals surface area contributed by atoms with Gasteiger partial charge in [0.25, 0.3) is 0 Å². The SMILES string of the molecule is C=CC(CO[Si](C)(C)C)=NN(C)C. The number of hydrogen-bond acceptors (Lipinski definition) is 3. The highest BCUT2D eigenvalue weighted by Crippen LogP contribution is 2.02. The molecule has 0 radical (unpaired) electrons. The molecule has 0 fully saturated rings. The van der Waals surface area contributed by atoms with Crippen molar-refractivity contribution in [2.75, 3.05) is 20.7 Å². The molecule has 0 N–H and O–H groups in total. The Morgan fingerprint density at radius 3 is 2.31 bits per heavy atom. The van der Waals surface area contributed by atoms with Crippen LogP contribution in [0.15, 0.2) is 17.8 Å². The molecule has 0 aromatic carbocycles. The van der Waals surface area contributed by atoms with Gasteiger partial charge in [-0.2, -0.15) is 5.10 Å². The van der Waals surface area contributed by atoms with Crippen molar-refractivity contribution in [3.05, 3.63) is 12.7 Å².